The first-order valence-corrected chi connectivity index (χ1v) is 15.3. The molecule has 41 heavy (non-hydrogen) atoms. The molecule has 3 aromatic carbocycles. The zero-order chi connectivity index (χ0) is 28.6. The highest BCUT2D eigenvalue weighted by atomic mass is 127. The predicted octanol–water partition coefficient (Wildman–Crippen LogP) is 5.46. The van der Waals surface area contributed by atoms with Gasteiger partial charge in [0.25, 0.3) is 11.8 Å². The van der Waals surface area contributed by atoms with Crippen LogP contribution < -0.4 is 10.7 Å². The Kier molecular flexibility index (Phi) is 10.0. The van der Waals surface area contributed by atoms with Crippen LogP contribution in [0.3, 0.4) is 0 Å². The third-order valence-corrected chi connectivity index (χ3v) is 8.45. The van der Waals surface area contributed by atoms with Crippen molar-refractivity contribution in [1.82, 2.24) is 15.2 Å². The van der Waals surface area contributed by atoms with E-state index in [-0.39, 0.29) is 11.7 Å². The van der Waals surface area contributed by atoms with Gasteiger partial charge in [-0.15, -0.1) is 0 Å². The first-order valence-electron chi connectivity index (χ1n) is 14.2. The van der Waals surface area contributed by atoms with Crippen molar-refractivity contribution in [1.29, 1.82) is 0 Å². The quantitative estimate of drug-likeness (QED) is 0.169. The lowest BCUT2D eigenvalue weighted by molar-refractivity contribution is 0.0896. The highest BCUT2D eigenvalue weighted by Gasteiger charge is 2.25. The molecule has 3 aromatic rings. The number of carbonyl (C=O) groups is 2. The molecular weight excluding hydrogens is 629 g/mol. The van der Waals surface area contributed by atoms with Gasteiger partial charge in [-0.1, -0.05) is 30.7 Å². The van der Waals surface area contributed by atoms with E-state index in [1.165, 1.54) is 51.4 Å². The Morgan fingerprint density at radius 3 is 2.49 bits per heavy atom. The fourth-order valence-corrected chi connectivity index (χ4v) is 6.13. The second-order valence-corrected chi connectivity index (χ2v) is 12.0. The van der Waals surface area contributed by atoms with Gasteiger partial charge in [0, 0.05) is 21.7 Å². The Labute approximate surface area is 255 Å². The Hall–Kier alpha value is -3.28. The number of aromatic hydroxyl groups is 1. The van der Waals surface area contributed by atoms with Crippen LogP contribution in [0, 0.1) is 3.57 Å². The number of phenolic OH excluding ortho intramolecular Hbond substituents is 1. The van der Waals surface area contributed by atoms with Crippen LogP contribution in [0.2, 0.25) is 0 Å². The molecule has 5 rings (SSSR count). The lowest BCUT2D eigenvalue weighted by Gasteiger charge is -2.40. The van der Waals surface area contributed by atoms with Crippen LogP contribution in [0.15, 0.2) is 71.8 Å². The second kappa shape index (κ2) is 14.1. The van der Waals surface area contributed by atoms with Crippen molar-refractivity contribution in [3.05, 3.63) is 92.6 Å². The molecule has 0 aliphatic carbocycles. The van der Waals surface area contributed by atoms with Gasteiger partial charge < -0.3 is 15.3 Å². The van der Waals surface area contributed by atoms with Crippen LogP contribution in [0.25, 0.3) is 0 Å². The molecule has 214 valence electrons. The summed E-state index contributed by atoms with van der Waals surface area (Å²) in [6, 6.07) is 20.3. The number of likely N-dealkylation sites (tertiary alicyclic amines) is 2. The predicted molar refractivity (Wildman–Crippen MR) is 170 cm³/mol. The zero-order valence-electron chi connectivity index (χ0n) is 23.1. The number of rotatable bonds is 8. The smallest absolute Gasteiger partial charge is 0.273 e. The minimum atomic E-state index is -0.447. The molecule has 9 heteroatoms. The average Bonchev–Trinajstić information content (AvgIpc) is 2.99. The molecule has 0 unspecified atom stereocenters. The first-order chi connectivity index (χ1) is 19.9. The number of carbonyl (C=O) groups excluding carboxylic acids is 2. The van der Waals surface area contributed by atoms with Crippen molar-refractivity contribution in [3.63, 3.8) is 0 Å². The lowest BCUT2D eigenvalue weighted by Crippen LogP contribution is -2.46. The van der Waals surface area contributed by atoms with Crippen molar-refractivity contribution in [2.75, 3.05) is 31.5 Å². The number of amides is 2. The van der Waals surface area contributed by atoms with E-state index < -0.39 is 5.91 Å². The summed E-state index contributed by atoms with van der Waals surface area (Å²) in [6.45, 7) is 5.47. The Balaban J connectivity index is 1.19. The highest BCUT2D eigenvalue weighted by molar-refractivity contribution is 14.1. The van der Waals surface area contributed by atoms with E-state index in [0.29, 0.717) is 28.4 Å². The topological polar surface area (TPSA) is 97.3 Å². The van der Waals surface area contributed by atoms with Crippen molar-refractivity contribution < 1.29 is 14.7 Å². The van der Waals surface area contributed by atoms with Crippen molar-refractivity contribution in [3.8, 4) is 5.75 Å². The summed E-state index contributed by atoms with van der Waals surface area (Å²) in [7, 11) is 0. The number of hydrazone groups is 1. The number of halogens is 1. The Bertz CT molecular complexity index is 1400. The SMILES string of the molecule is O=C(Nc1ccc(I)cc1C(=O)NN=Cc1cccc(O)c1)c1cccc(CN2CCC(N3CCCCC3)CC2)c1. The van der Waals surface area contributed by atoms with Crippen LogP contribution in [0.4, 0.5) is 5.69 Å². The second-order valence-electron chi connectivity index (χ2n) is 10.7. The molecular formula is C32H36IN5O3. The molecule has 0 bridgehead atoms. The van der Waals surface area contributed by atoms with Crippen LogP contribution in [-0.4, -0.2) is 65.2 Å². The van der Waals surface area contributed by atoms with Crippen molar-refractivity contribution >= 4 is 46.3 Å². The number of nitrogens with one attached hydrogen (secondary N) is 2. The largest absolute Gasteiger partial charge is 0.508 e. The summed E-state index contributed by atoms with van der Waals surface area (Å²) in [5, 5.41) is 16.5. The van der Waals surface area contributed by atoms with Crippen LogP contribution in [-0.2, 0) is 6.54 Å². The normalized spacial score (nSPS) is 17.0. The molecule has 2 aliphatic rings. The number of nitrogens with zero attached hydrogens (tertiary/aromatic N) is 3. The van der Waals surface area contributed by atoms with Crippen LogP contribution in [0.1, 0.15) is 63.9 Å². The van der Waals surface area contributed by atoms with Gasteiger partial charge in [0.15, 0.2) is 0 Å². The number of hydrogen-bond acceptors (Lipinski definition) is 6. The lowest BCUT2D eigenvalue weighted by atomic mass is 9.99. The molecule has 2 saturated heterocycles. The van der Waals surface area contributed by atoms with E-state index in [2.05, 4.69) is 54.3 Å². The number of piperidine rings is 2. The van der Waals surface area contributed by atoms with Gasteiger partial charge in [0.1, 0.15) is 5.75 Å². The molecule has 2 amide bonds. The molecule has 0 radical (unpaired) electrons. The summed E-state index contributed by atoms with van der Waals surface area (Å²) < 4.78 is 0.855. The van der Waals surface area contributed by atoms with E-state index >= 15 is 0 Å². The van der Waals surface area contributed by atoms with Gasteiger partial charge in [-0.2, -0.15) is 5.10 Å². The Morgan fingerprint density at radius 2 is 1.71 bits per heavy atom. The van der Waals surface area contributed by atoms with Gasteiger partial charge in [0.2, 0.25) is 0 Å². The van der Waals surface area contributed by atoms with E-state index in [0.717, 1.165) is 28.8 Å². The molecule has 8 nitrogen and oxygen atoms in total. The number of benzene rings is 3. The van der Waals surface area contributed by atoms with E-state index in [1.807, 2.05) is 18.2 Å². The fraction of sp³-hybridized carbons (Fsp3) is 0.344. The molecule has 0 atom stereocenters. The maximum atomic E-state index is 13.3. The minimum absolute atomic E-state index is 0.115. The van der Waals surface area contributed by atoms with Crippen molar-refractivity contribution in [2.24, 2.45) is 5.10 Å². The third kappa shape index (κ3) is 8.15. The van der Waals surface area contributed by atoms with Gasteiger partial charge in [-0.25, -0.2) is 5.43 Å². The molecule has 2 fully saturated rings. The summed E-state index contributed by atoms with van der Waals surface area (Å²) >= 11 is 2.13. The zero-order valence-corrected chi connectivity index (χ0v) is 25.2. The molecule has 2 heterocycles. The first kappa shape index (κ1) is 29.2. The Morgan fingerprint density at radius 1 is 0.927 bits per heavy atom. The average molecular weight is 666 g/mol. The van der Waals surface area contributed by atoms with Crippen LogP contribution >= 0.6 is 22.6 Å². The molecule has 3 N–H and O–H groups in total. The number of anilines is 1. The molecule has 2 aliphatic heterocycles. The maximum absolute atomic E-state index is 13.3. The highest BCUT2D eigenvalue weighted by Crippen LogP contribution is 2.23. The summed E-state index contributed by atoms with van der Waals surface area (Å²) in [4.78, 5) is 31.4. The molecule has 0 saturated carbocycles. The van der Waals surface area contributed by atoms with E-state index in [9.17, 15) is 14.7 Å². The van der Waals surface area contributed by atoms with Crippen LogP contribution in [0.5, 0.6) is 5.75 Å². The van der Waals surface area contributed by atoms with Gasteiger partial charge in [-0.3, -0.25) is 14.5 Å². The van der Waals surface area contributed by atoms with Crippen molar-refractivity contribution in [2.45, 2.75) is 44.7 Å². The van der Waals surface area contributed by atoms with E-state index in [4.69, 9.17) is 0 Å². The number of hydrogen-bond donors (Lipinski definition) is 3. The van der Waals surface area contributed by atoms with Gasteiger partial charge >= 0.3 is 0 Å². The molecule has 0 spiro atoms. The summed E-state index contributed by atoms with van der Waals surface area (Å²) in [5.74, 6) is -0.601. The van der Waals surface area contributed by atoms with E-state index in [1.54, 1.807) is 42.5 Å². The minimum Gasteiger partial charge on any atom is -0.508 e. The van der Waals surface area contributed by atoms with Gasteiger partial charge in [-0.05, 0) is 128 Å². The van der Waals surface area contributed by atoms with Gasteiger partial charge in [0.05, 0.1) is 17.5 Å². The summed E-state index contributed by atoms with van der Waals surface area (Å²) in [5.41, 5.74) is 5.54. The number of phenols is 1. The summed E-state index contributed by atoms with van der Waals surface area (Å²) in [6.07, 6.45) is 7.89. The maximum Gasteiger partial charge on any atom is 0.273 e. The third-order valence-electron chi connectivity index (χ3n) is 7.78. The standard InChI is InChI=1S/C32H36IN5O3/c33-26-10-11-30(29(20-26)32(41)36-34-21-23-6-5-9-28(39)19-23)35-31(40)25-8-4-7-24(18-25)22-37-16-12-27(13-17-37)38-14-2-1-3-15-38/h4-11,18-21,27,39H,1-3,12-17,22H2,(H,35,40)(H,36,41). The fourth-order valence-electron chi connectivity index (χ4n) is 5.63. The molecule has 0 aromatic heterocycles. The monoisotopic (exact) mass is 665 g/mol.